The van der Waals surface area contributed by atoms with Gasteiger partial charge in [0.15, 0.2) is 11.3 Å². The number of hydrogen-bond donors (Lipinski definition) is 1. The Morgan fingerprint density at radius 2 is 2.44 bits per heavy atom. The van der Waals surface area contributed by atoms with E-state index in [4.69, 9.17) is 16.3 Å². The number of amides is 1. The number of thioether (sulfide) groups is 1. The summed E-state index contributed by atoms with van der Waals surface area (Å²) in [5.41, 5.74) is 0.976. The van der Waals surface area contributed by atoms with Crippen LogP contribution in [0.2, 0.25) is 5.02 Å². The number of nitrogens with one attached hydrogen (secondary N) is 1. The summed E-state index contributed by atoms with van der Waals surface area (Å²) in [6, 6.07) is 5.40. The fraction of sp³-hybridized carbons (Fsp3) is 0.333. The third kappa shape index (κ3) is 2.33. The lowest BCUT2D eigenvalue weighted by Crippen LogP contribution is -2.39. The zero-order chi connectivity index (χ0) is 12.5. The topological polar surface area (TPSA) is 50.7 Å². The highest BCUT2D eigenvalue weighted by molar-refractivity contribution is 8.14. The highest BCUT2D eigenvalue weighted by atomic mass is 35.5. The van der Waals surface area contributed by atoms with Crippen LogP contribution in [0.5, 0.6) is 5.75 Å². The Kier molecular flexibility index (Phi) is 3.18. The van der Waals surface area contributed by atoms with E-state index in [0.717, 1.165) is 23.6 Å². The van der Waals surface area contributed by atoms with Gasteiger partial charge in [0.25, 0.3) is 5.91 Å². The van der Waals surface area contributed by atoms with E-state index in [1.807, 2.05) is 6.07 Å². The van der Waals surface area contributed by atoms with Crippen molar-refractivity contribution in [1.82, 2.24) is 5.32 Å². The van der Waals surface area contributed by atoms with Gasteiger partial charge in [0, 0.05) is 17.2 Å². The number of nitrogens with zero attached hydrogens (tertiary/aromatic N) is 1. The van der Waals surface area contributed by atoms with Crippen LogP contribution in [-0.4, -0.2) is 29.5 Å². The number of carbonyl (C=O) groups is 1. The molecule has 6 heteroatoms. The Bertz CT molecular complexity index is 533. The third-order valence-electron chi connectivity index (χ3n) is 2.81. The van der Waals surface area contributed by atoms with Crippen molar-refractivity contribution in [2.24, 2.45) is 4.99 Å². The van der Waals surface area contributed by atoms with E-state index in [1.165, 1.54) is 0 Å². The summed E-state index contributed by atoms with van der Waals surface area (Å²) >= 11 is 7.47. The smallest absolute Gasteiger partial charge is 0.267 e. The molecule has 1 aromatic carbocycles. The summed E-state index contributed by atoms with van der Waals surface area (Å²) in [6.45, 7) is 0.766. The SMILES string of the molecule is O=C(NC1=NCCS1)C1Cc2cc(Cl)ccc2O1. The van der Waals surface area contributed by atoms with Crippen LogP contribution >= 0.6 is 23.4 Å². The van der Waals surface area contributed by atoms with E-state index in [9.17, 15) is 4.79 Å². The zero-order valence-electron chi connectivity index (χ0n) is 9.48. The number of halogens is 1. The molecule has 0 spiro atoms. The largest absolute Gasteiger partial charge is 0.480 e. The van der Waals surface area contributed by atoms with Crippen molar-refractivity contribution in [2.75, 3.05) is 12.3 Å². The van der Waals surface area contributed by atoms with Gasteiger partial charge < -0.3 is 10.1 Å². The van der Waals surface area contributed by atoms with Gasteiger partial charge in [-0.25, -0.2) is 0 Å². The van der Waals surface area contributed by atoms with Crippen LogP contribution in [0.1, 0.15) is 5.56 Å². The van der Waals surface area contributed by atoms with Crippen LogP contribution in [0.15, 0.2) is 23.2 Å². The number of rotatable bonds is 1. The van der Waals surface area contributed by atoms with E-state index >= 15 is 0 Å². The molecule has 1 atom stereocenters. The van der Waals surface area contributed by atoms with Crippen LogP contribution < -0.4 is 10.1 Å². The molecule has 0 aromatic heterocycles. The second-order valence-corrected chi connectivity index (χ2v) is 5.61. The highest BCUT2D eigenvalue weighted by Gasteiger charge is 2.30. The minimum Gasteiger partial charge on any atom is -0.480 e. The number of ether oxygens (including phenoxy) is 1. The summed E-state index contributed by atoms with van der Waals surface area (Å²) in [5, 5.41) is 4.14. The van der Waals surface area contributed by atoms with Crippen molar-refractivity contribution < 1.29 is 9.53 Å². The maximum atomic E-state index is 12.0. The Hall–Kier alpha value is -1.20. The highest BCUT2D eigenvalue weighted by Crippen LogP contribution is 2.31. The van der Waals surface area contributed by atoms with Crippen LogP contribution in [0.4, 0.5) is 0 Å². The Morgan fingerprint density at radius 3 is 3.22 bits per heavy atom. The molecular formula is C12H11ClN2O2S. The number of amidine groups is 1. The van der Waals surface area contributed by atoms with Crippen LogP contribution in [0.25, 0.3) is 0 Å². The monoisotopic (exact) mass is 282 g/mol. The minimum absolute atomic E-state index is 0.143. The Morgan fingerprint density at radius 1 is 1.56 bits per heavy atom. The molecule has 0 saturated carbocycles. The molecule has 2 aliphatic rings. The van der Waals surface area contributed by atoms with Crippen LogP contribution in [-0.2, 0) is 11.2 Å². The molecule has 0 bridgehead atoms. The van der Waals surface area contributed by atoms with Gasteiger partial charge in [-0.05, 0) is 23.8 Å². The quantitative estimate of drug-likeness (QED) is 0.855. The molecular weight excluding hydrogens is 272 g/mol. The summed E-state index contributed by atoms with van der Waals surface area (Å²) in [5.74, 6) is 1.52. The van der Waals surface area contributed by atoms with Gasteiger partial charge in [-0.2, -0.15) is 0 Å². The van der Waals surface area contributed by atoms with Crippen LogP contribution in [0, 0.1) is 0 Å². The maximum Gasteiger partial charge on any atom is 0.267 e. The molecule has 4 nitrogen and oxygen atoms in total. The second kappa shape index (κ2) is 4.82. The van der Waals surface area contributed by atoms with E-state index in [0.29, 0.717) is 16.6 Å². The van der Waals surface area contributed by atoms with E-state index in [2.05, 4.69) is 10.3 Å². The third-order valence-corrected chi connectivity index (χ3v) is 3.93. The fourth-order valence-corrected chi connectivity index (χ4v) is 2.89. The molecule has 1 amide bonds. The van der Waals surface area contributed by atoms with Crippen LogP contribution in [0.3, 0.4) is 0 Å². The van der Waals surface area contributed by atoms with Gasteiger partial charge >= 0.3 is 0 Å². The molecule has 0 fully saturated rings. The van der Waals surface area contributed by atoms with E-state index < -0.39 is 6.10 Å². The maximum absolute atomic E-state index is 12.0. The molecule has 2 heterocycles. The molecule has 1 N–H and O–H groups in total. The summed E-state index contributed by atoms with van der Waals surface area (Å²) in [4.78, 5) is 16.2. The van der Waals surface area contributed by atoms with Crippen molar-refractivity contribution in [2.45, 2.75) is 12.5 Å². The van der Waals surface area contributed by atoms with Gasteiger partial charge in [0.1, 0.15) is 5.75 Å². The van der Waals surface area contributed by atoms with Crippen molar-refractivity contribution in [3.05, 3.63) is 28.8 Å². The number of hydrogen-bond acceptors (Lipinski definition) is 4. The average molecular weight is 283 g/mol. The fourth-order valence-electron chi connectivity index (χ4n) is 1.96. The van der Waals surface area contributed by atoms with Crippen molar-refractivity contribution in [3.8, 4) is 5.75 Å². The van der Waals surface area contributed by atoms with E-state index in [1.54, 1.807) is 23.9 Å². The summed E-state index contributed by atoms with van der Waals surface area (Å²) < 4.78 is 5.60. The average Bonchev–Trinajstić information content (AvgIpc) is 2.96. The van der Waals surface area contributed by atoms with Gasteiger partial charge in [0.05, 0.1) is 6.54 Å². The predicted octanol–water partition coefficient (Wildman–Crippen LogP) is 1.86. The lowest BCUT2D eigenvalue weighted by molar-refractivity contribution is -0.125. The molecule has 2 aliphatic heterocycles. The summed E-state index contributed by atoms with van der Waals surface area (Å²) in [7, 11) is 0. The number of benzene rings is 1. The molecule has 0 radical (unpaired) electrons. The second-order valence-electron chi connectivity index (χ2n) is 4.09. The molecule has 0 saturated heterocycles. The van der Waals surface area contributed by atoms with Gasteiger partial charge in [-0.3, -0.25) is 9.79 Å². The molecule has 1 unspecified atom stereocenters. The van der Waals surface area contributed by atoms with Gasteiger partial charge in [0.2, 0.25) is 0 Å². The Balaban J connectivity index is 1.68. The number of carbonyl (C=O) groups excluding carboxylic acids is 1. The summed E-state index contributed by atoms with van der Waals surface area (Å²) in [6.07, 6.45) is 0.0713. The van der Waals surface area contributed by atoms with E-state index in [-0.39, 0.29) is 5.91 Å². The predicted molar refractivity (Wildman–Crippen MR) is 72.5 cm³/mol. The first kappa shape index (κ1) is 11.9. The lowest BCUT2D eigenvalue weighted by atomic mass is 10.1. The first-order valence-corrected chi connectivity index (χ1v) is 7.02. The molecule has 18 heavy (non-hydrogen) atoms. The first-order valence-electron chi connectivity index (χ1n) is 5.65. The van der Waals surface area contributed by atoms with Crippen molar-refractivity contribution in [1.29, 1.82) is 0 Å². The zero-order valence-corrected chi connectivity index (χ0v) is 11.1. The molecule has 94 valence electrons. The number of aliphatic imine (C=N–C) groups is 1. The lowest BCUT2D eigenvalue weighted by Gasteiger charge is -2.10. The molecule has 3 rings (SSSR count). The standard InChI is InChI=1S/C12H11ClN2O2S/c13-8-1-2-9-7(5-8)6-10(17-9)11(16)15-12-14-3-4-18-12/h1-2,5,10H,3-4,6H2,(H,14,15,16). The van der Waals surface area contributed by atoms with Crippen molar-refractivity contribution >= 4 is 34.4 Å². The van der Waals surface area contributed by atoms with Gasteiger partial charge in [-0.1, -0.05) is 23.4 Å². The normalized spacial score (nSPS) is 21.2. The molecule has 0 aliphatic carbocycles. The first-order chi connectivity index (χ1) is 8.72. The van der Waals surface area contributed by atoms with Crippen molar-refractivity contribution in [3.63, 3.8) is 0 Å². The Labute approximate surface area is 114 Å². The molecule has 1 aromatic rings. The minimum atomic E-state index is -0.484. The number of fused-ring (bicyclic) bond motifs is 1. The van der Waals surface area contributed by atoms with Gasteiger partial charge in [-0.15, -0.1) is 0 Å².